The number of carbonyl (C=O) groups excluding carboxylic acids is 2. The first-order valence-electron chi connectivity index (χ1n) is 10.3. The molecule has 1 aliphatic heterocycles. The molecule has 4 nitrogen and oxygen atoms in total. The fourth-order valence-corrected chi connectivity index (χ4v) is 3.87. The highest BCUT2D eigenvalue weighted by atomic mass is 19.1. The van der Waals surface area contributed by atoms with Crippen LogP contribution >= 0.6 is 0 Å². The van der Waals surface area contributed by atoms with E-state index in [1.54, 1.807) is 35.2 Å². The van der Waals surface area contributed by atoms with E-state index in [9.17, 15) is 18.4 Å². The summed E-state index contributed by atoms with van der Waals surface area (Å²) >= 11 is 0. The summed E-state index contributed by atoms with van der Waals surface area (Å²) in [4.78, 5) is 27.2. The molecule has 4 rings (SSSR count). The number of amides is 2. The third kappa shape index (κ3) is 4.63. The molecule has 31 heavy (non-hydrogen) atoms. The van der Waals surface area contributed by atoms with Gasteiger partial charge in [0.2, 0.25) is 5.91 Å². The number of rotatable bonds is 5. The predicted molar refractivity (Wildman–Crippen MR) is 116 cm³/mol. The van der Waals surface area contributed by atoms with Crippen LogP contribution in [0.3, 0.4) is 0 Å². The molecule has 0 saturated carbocycles. The number of aryl methyl sites for hydroxylation is 1. The van der Waals surface area contributed by atoms with Crippen molar-refractivity contribution in [3.8, 4) is 0 Å². The van der Waals surface area contributed by atoms with E-state index in [1.807, 2.05) is 6.07 Å². The molecule has 0 radical (unpaired) electrons. The van der Waals surface area contributed by atoms with Crippen LogP contribution in [0, 0.1) is 11.6 Å². The molecule has 1 aliphatic rings. The van der Waals surface area contributed by atoms with Crippen molar-refractivity contribution in [3.63, 3.8) is 0 Å². The maximum Gasteiger partial charge on any atom is 0.255 e. The lowest BCUT2D eigenvalue weighted by Crippen LogP contribution is -2.36. The zero-order valence-corrected chi connectivity index (χ0v) is 16.9. The second-order valence-electron chi connectivity index (χ2n) is 7.50. The van der Waals surface area contributed by atoms with E-state index in [2.05, 4.69) is 5.32 Å². The van der Waals surface area contributed by atoms with Gasteiger partial charge in [-0.2, -0.15) is 0 Å². The van der Waals surface area contributed by atoms with Crippen molar-refractivity contribution in [1.82, 2.24) is 0 Å². The highest BCUT2D eigenvalue weighted by Gasteiger charge is 2.25. The number of halogens is 2. The Hall–Kier alpha value is -3.54. The molecule has 3 aromatic carbocycles. The molecular weight excluding hydrogens is 398 g/mol. The van der Waals surface area contributed by atoms with Gasteiger partial charge in [-0.25, -0.2) is 8.78 Å². The van der Waals surface area contributed by atoms with Crippen molar-refractivity contribution in [2.75, 3.05) is 16.8 Å². The number of nitrogens with zero attached hydrogens (tertiary/aromatic N) is 1. The Morgan fingerprint density at radius 1 is 0.935 bits per heavy atom. The molecule has 3 aromatic rings. The van der Waals surface area contributed by atoms with Crippen molar-refractivity contribution in [3.05, 3.63) is 95.1 Å². The third-order valence-corrected chi connectivity index (χ3v) is 5.47. The Bertz CT molecular complexity index is 1110. The van der Waals surface area contributed by atoms with Crippen LogP contribution in [0.5, 0.6) is 0 Å². The summed E-state index contributed by atoms with van der Waals surface area (Å²) in [6.07, 6.45) is 2.03. The zero-order chi connectivity index (χ0) is 21.8. The minimum absolute atomic E-state index is 0.0776. The number of benzene rings is 3. The largest absolute Gasteiger partial charge is 0.322 e. The average molecular weight is 420 g/mol. The molecular formula is C25H22F2N2O2. The predicted octanol–water partition coefficient (Wildman–Crippen LogP) is 5.13. The first-order chi connectivity index (χ1) is 15.0. The molecule has 1 heterocycles. The molecule has 0 aromatic heterocycles. The van der Waals surface area contributed by atoms with E-state index >= 15 is 0 Å². The van der Waals surface area contributed by atoms with E-state index in [4.69, 9.17) is 0 Å². The number of fused-ring (bicyclic) bond motifs is 1. The number of nitrogens with one attached hydrogen (secondary N) is 1. The van der Waals surface area contributed by atoms with E-state index < -0.39 is 5.82 Å². The van der Waals surface area contributed by atoms with Crippen LogP contribution in [0.2, 0.25) is 0 Å². The smallest absolute Gasteiger partial charge is 0.255 e. The average Bonchev–Trinajstić information content (AvgIpc) is 2.78. The molecule has 0 bridgehead atoms. The van der Waals surface area contributed by atoms with E-state index in [0.717, 1.165) is 24.1 Å². The normalized spacial score (nSPS) is 12.9. The summed E-state index contributed by atoms with van der Waals surface area (Å²) in [6, 6.07) is 17.3. The topological polar surface area (TPSA) is 49.4 Å². The van der Waals surface area contributed by atoms with Gasteiger partial charge in [-0.3, -0.25) is 9.59 Å². The van der Waals surface area contributed by atoms with E-state index in [1.165, 1.54) is 30.3 Å². The molecule has 0 fully saturated rings. The first-order valence-corrected chi connectivity index (χ1v) is 10.3. The zero-order valence-electron chi connectivity index (χ0n) is 16.9. The van der Waals surface area contributed by atoms with Crippen LogP contribution in [0.1, 0.15) is 34.3 Å². The molecule has 6 heteroatoms. The fourth-order valence-electron chi connectivity index (χ4n) is 3.87. The van der Waals surface area contributed by atoms with Gasteiger partial charge < -0.3 is 10.2 Å². The Morgan fingerprint density at radius 3 is 2.48 bits per heavy atom. The van der Waals surface area contributed by atoms with Gasteiger partial charge >= 0.3 is 0 Å². The maximum atomic E-state index is 13.9. The molecule has 0 spiro atoms. The monoisotopic (exact) mass is 420 g/mol. The van der Waals surface area contributed by atoms with Crippen LogP contribution in [-0.2, 0) is 17.6 Å². The van der Waals surface area contributed by atoms with Crippen LogP contribution in [0.4, 0.5) is 20.2 Å². The van der Waals surface area contributed by atoms with Crippen LogP contribution < -0.4 is 10.2 Å². The summed E-state index contributed by atoms with van der Waals surface area (Å²) in [5.74, 6) is -1.12. The highest BCUT2D eigenvalue weighted by Crippen LogP contribution is 2.33. The van der Waals surface area contributed by atoms with Crippen molar-refractivity contribution in [1.29, 1.82) is 0 Å². The molecule has 1 N–H and O–H groups in total. The van der Waals surface area contributed by atoms with E-state index in [-0.39, 0.29) is 24.1 Å². The molecule has 158 valence electrons. The number of hydrogen-bond acceptors (Lipinski definition) is 2. The molecule has 0 saturated heterocycles. The van der Waals surface area contributed by atoms with Crippen LogP contribution in [-0.4, -0.2) is 18.4 Å². The van der Waals surface area contributed by atoms with Crippen molar-refractivity contribution < 1.29 is 18.4 Å². The van der Waals surface area contributed by atoms with Gasteiger partial charge in [-0.15, -0.1) is 0 Å². The summed E-state index contributed by atoms with van der Waals surface area (Å²) < 4.78 is 27.0. The highest BCUT2D eigenvalue weighted by molar-refractivity contribution is 6.05. The standard InChI is InChI=1S/C25H22F2N2O2/c26-19-13-10-18(11-14-19)25(31)28-22-8-3-9-23-20(22)6-4-16-29(23)24(30)15-12-17-5-1-2-7-21(17)27/h1-3,5,7-11,13-14H,4,6,12,15-16H2,(H,28,31). The Labute approximate surface area is 179 Å². The molecule has 0 atom stereocenters. The lowest BCUT2D eigenvalue weighted by Gasteiger charge is -2.31. The van der Waals surface area contributed by atoms with E-state index in [0.29, 0.717) is 29.8 Å². The van der Waals surface area contributed by atoms with Gasteiger partial charge in [-0.1, -0.05) is 24.3 Å². The molecule has 0 aliphatic carbocycles. The van der Waals surface area contributed by atoms with Crippen LogP contribution in [0.15, 0.2) is 66.7 Å². The van der Waals surface area contributed by atoms with Crippen molar-refractivity contribution in [2.45, 2.75) is 25.7 Å². The number of anilines is 2. The Kier molecular flexibility index (Phi) is 6.07. The minimum atomic E-state index is -0.404. The third-order valence-electron chi connectivity index (χ3n) is 5.47. The van der Waals surface area contributed by atoms with Gasteiger partial charge in [0, 0.05) is 29.9 Å². The Balaban J connectivity index is 1.51. The second kappa shape index (κ2) is 9.08. The SMILES string of the molecule is O=C(Nc1cccc2c1CCCN2C(=O)CCc1ccccc1F)c1ccc(F)cc1. The fraction of sp³-hybridized carbons (Fsp3) is 0.200. The quantitative estimate of drug-likeness (QED) is 0.622. The summed E-state index contributed by atoms with van der Waals surface area (Å²) in [5.41, 5.74) is 3.17. The number of carbonyl (C=O) groups is 2. The molecule has 2 amide bonds. The summed E-state index contributed by atoms with van der Waals surface area (Å²) in [5, 5.41) is 2.88. The van der Waals surface area contributed by atoms with Gasteiger partial charge in [-0.05, 0) is 72.9 Å². The summed E-state index contributed by atoms with van der Waals surface area (Å²) in [7, 11) is 0. The maximum absolute atomic E-state index is 13.9. The van der Waals surface area contributed by atoms with Gasteiger partial charge in [0.05, 0.1) is 0 Å². The minimum Gasteiger partial charge on any atom is -0.322 e. The van der Waals surface area contributed by atoms with Gasteiger partial charge in [0.25, 0.3) is 5.91 Å². The molecule has 0 unspecified atom stereocenters. The van der Waals surface area contributed by atoms with Crippen molar-refractivity contribution >= 4 is 23.2 Å². The Morgan fingerprint density at radius 2 is 1.71 bits per heavy atom. The lowest BCUT2D eigenvalue weighted by atomic mass is 9.98. The van der Waals surface area contributed by atoms with Gasteiger partial charge in [0.1, 0.15) is 11.6 Å². The number of hydrogen-bond donors (Lipinski definition) is 1. The van der Waals surface area contributed by atoms with Crippen molar-refractivity contribution in [2.24, 2.45) is 0 Å². The second-order valence-corrected chi connectivity index (χ2v) is 7.50. The van der Waals surface area contributed by atoms with Gasteiger partial charge in [0.15, 0.2) is 0 Å². The van der Waals surface area contributed by atoms with Crippen LogP contribution in [0.25, 0.3) is 0 Å². The summed E-state index contributed by atoms with van der Waals surface area (Å²) in [6.45, 7) is 0.582. The first kappa shape index (κ1) is 20.7. The lowest BCUT2D eigenvalue weighted by molar-refractivity contribution is -0.118.